The molecule has 2 aliphatic heterocycles. The molecule has 158 valence electrons. The first-order valence-electron chi connectivity index (χ1n) is 10.9. The average molecular weight is 417 g/mol. The summed E-state index contributed by atoms with van der Waals surface area (Å²) in [6.45, 7) is 7.07. The minimum Gasteiger partial charge on any atom is -0.356 e. The van der Waals surface area contributed by atoms with Gasteiger partial charge in [0.25, 0.3) is 0 Å². The highest BCUT2D eigenvalue weighted by atomic mass is 32.1. The monoisotopic (exact) mass is 416 g/mol. The van der Waals surface area contributed by atoms with Crippen LogP contribution in [-0.2, 0) is 4.79 Å². The molecule has 0 unspecified atom stereocenters. The van der Waals surface area contributed by atoms with E-state index in [0.717, 1.165) is 55.7 Å². The lowest BCUT2D eigenvalue weighted by molar-refractivity contribution is -0.125. The van der Waals surface area contributed by atoms with Crippen molar-refractivity contribution in [2.45, 2.75) is 51.5 Å². The topological polar surface area (TPSA) is 66.3 Å². The average Bonchev–Trinajstić information content (AvgIpc) is 3.44. The summed E-state index contributed by atoms with van der Waals surface area (Å²) < 4.78 is 1.97. The van der Waals surface area contributed by atoms with E-state index in [1.54, 1.807) is 11.3 Å². The molecule has 2 aliphatic rings. The number of aromatic nitrogens is 3. The number of likely N-dealkylation sites (tertiary alicyclic amines) is 1. The smallest absolute Gasteiger partial charge is 0.224 e. The van der Waals surface area contributed by atoms with Crippen LogP contribution < -0.4 is 10.2 Å². The van der Waals surface area contributed by atoms with Crippen LogP contribution in [-0.4, -0.2) is 64.3 Å². The number of carbonyl (C=O) groups is 1. The van der Waals surface area contributed by atoms with Gasteiger partial charge in [-0.25, -0.2) is 0 Å². The number of anilines is 1. The third-order valence-electron chi connectivity index (χ3n) is 6.15. The van der Waals surface area contributed by atoms with Gasteiger partial charge >= 0.3 is 0 Å². The molecule has 2 aromatic rings. The molecule has 4 rings (SSSR count). The first kappa shape index (κ1) is 20.3. The summed E-state index contributed by atoms with van der Waals surface area (Å²) in [6.07, 6.45) is 10.9. The lowest BCUT2D eigenvalue weighted by Gasteiger charge is -2.33. The minimum atomic E-state index is 0.0385. The molecule has 0 aromatic carbocycles. The SMILES string of the molecule is C[C@@H]1CCCCN1CCCNC(=O)[C@@H]1CCCN(c2nnc(-n3cccc3)s2)C1. The minimum absolute atomic E-state index is 0.0385. The molecule has 0 radical (unpaired) electrons. The molecule has 0 bridgehead atoms. The third kappa shape index (κ3) is 5.17. The molecule has 0 spiro atoms. The molecule has 8 heteroatoms. The van der Waals surface area contributed by atoms with Crippen molar-refractivity contribution in [1.82, 2.24) is 25.0 Å². The summed E-state index contributed by atoms with van der Waals surface area (Å²) in [4.78, 5) is 17.5. The number of amides is 1. The van der Waals surface area contributed by atoms with Gasteiger partial charge in [0.2, 0.25) is 16.2 Å². The van der Waals surface area contributed by atoms with Crippen molar-refractivity contribution in [3.8, 4) is 5.13 Å². The van der Waals surface area contributed by atoms with Crippen molar-refractivity contribution >= 4 is 22.4 Å². The summed E-state index contributed by atoms with van der Waals surface area (Å²) in [6, 6.07) is 4.65. The molecule has 2 aromatic heterocycles. The highest BCUT2D eigenvalue weighted by molar-refractivity contribution is 7.17. The van der Waals surface area contributed by atoms with Crippen LogP contribution in [0.25, 0.3) is 5.13 Å². The lowest BCUT2D eigenvalue weighted by Crippen LogP contribution is -2.44. The number of carbonyl (C=O) groups excluding carboxylic acids is 1. The molecule has 29 heavy (non-hydrogen) atoms. The predicted molar refractivity (Wildman–Crippen MR) is 117 cm³/mol. The van der Waals surface area contributed by atoms with Crippen molar-refractivity contribution in [1.29, 1.82) is 0 Å². The van der Waals surface area contributed by atoms with Crippen LogP contribution in [0.3, 0.4) is 0 Å². The second-order valence-corrected chi connectivity index (χ2v) is 9.20. The highest BCUT2D eigenvalue weighted by Crippen LogP contribution is 2.28. The number of rotatable bonds is 7. The van der Waals surface area contributed by atoms with Gasteiger partial charge in [-0.1, -0.05) is 17.8 Å². The number of hydrogen-bond donors (Lipinski definition) is 1. The Kier molecular flexibility index (Phi) is 6.82. The fourth-order valence-electron chi connectivity index (χ4n) is 4.39. The first-order chi connectivity index (χ1) is 14.2. The van der Waals surface area contributed by atoms with Gasteiger partial charge in [-0.15, -0.1) is 10.2 Å². The van der Waals surface area contributed by atoms with E-state index >= 15 is 0 Å². The van der Waals surface area contributed by atoms with E-state index in [1.165, 1.54) is 25.8 Å². The number of hydrogen-bond acceptors (Lipinski definition) is 6. The second kappa shape index (κ2) is 9.71. The molecule has 0 saturated carbocycles. The van der Waals surface area contributed by atoms with E-state index in [9.17, 15) is 4.79 Å². The van der Waals surface area contributed by atoms with Crippen LogP contribution in [0.4, 0.5) is 5.13 Å². The fourth-order valence-corrected chi connectivity index (χ4v) is 5.24. The Morgan fingerprint density at radius 2 is 1.97 bits per heavy atom. The Morgan fingerprint density at radius 1 is 1.14 bits per heavy atom. The van der Waals surface area contributed by atoms with Gasteiger partial charge in [0.1, 0.15) is 0 Å². The van der Waals surface area contributed by atoms with Crippen LogP contribution in [0.15, 0.2) is 24.5 Å². The first-order valence-corrected chi connectivity index (χ1v) is 11.8. The number of nitrogens with one attached hydrogen (secondary N) is 1. The molecular formula is C21H32N6OS. The van der Waals surface area contributed by atoms with E-state index in [0.29, 0.717) is 6.04 Å². The van der Waals surface area contributed by atoms with Gasteiger partial charge in [0, 0.05) is 44.6 Å². The summed E-state index contributed by atoms with van der Waals surface area (Å²) in [7, 11) is 0. The maximum Gasteiger partial charge on any atom is 0.224 e. The molecule has 1 N–H and O–H groups in total. The maximum atomic E-state index is 12.7. The van der Waals surface area contributed by atoms with Crippen LogP contribution in [0.1, 0.15) is 45.4 Å². The predicted octanol–water partition coefficient (Wildman–Crippen LogP) is 2.93. The summed E-state index contributed by atoms with van der Waals surface area (Å²) in [5.41, 5.74) is 0. The Labute approximate surface area is 177 Å². The van der Waals surface area contributed by atoms with Crippen LogP contribution in [0.2, 0.25) is 0 Å². The fraction of sp³-hybridized carbons (Fsp3) is 0.667. The largest absolute Gasteiger partial charge is 0.356 e. The summed E-state index contributed by atoms with van der Waals surface area (Å²) >= 11 is 1.58. The van der Waals surface area contributed by atoms with Gasteiger partial charge < -0.3 is 15.1 Å². The molecular weight excluding hydrogens is 384 g/mol. The van der Waals surface area contributed by atoms with E-state index in [4.69, 9.17) is 0 Å². The second-order valence-electron chi connectivity index (χ2n) is 8.27. The quantitative estimate of drug-likeness (QED) is 0.703. The zero-order chi connectivity index (χ0) is 20.1. The van der Waals surface area contributed by atoms with E-state index in [2.05, 4.69) is 32.2 Å². The molecule has 2 saturated heterocycles. The van der Waals surface area contributed by atoms with E-state index < -0.39 is 0 Å². The molecule has 0 aliphatic carbocycles. The Bertz CT molecular complexity index is 776. The van der Waals surface area contributed by atoms with Gasteiger partial charge in [-0.2, -0.15) is 0 Å². The van der Waals surface area contributed by atoms with Gasteiger partial charge in [0.15, 0.2) is 0 Å². The van der Waals surface area contributed by atoms with Gasteiger partial charge in [-0.05, 0) is 57.7 Å². The van der Waals surface area contributed by atoms with Crippen LogP contribution in [0, 0.1) is 5.92 Å². The molecule has 2 fully saturated rings. The molecule has 7 nitrogen and oxygen atoms in total. The third-order valence-corrected chi connectivity index (χ3v) is 7.15. The lowest BCUT2D eigenvalue weighted by atomic mass is 9.97. The van der Waals surface area contributed by atoms with Crippen LogP contribution in [0.5, 0.6) is 0 Å². The van der Waals surface area contributed by atoms with E-state index in [1.807, 2.05) is 29.1 Å². The molecule has 1 amide bonds. The number of piperidine rings is 2. The normalized spacial score (nSPS) is 23.3. The van der Waals surface area contributed by atoms with Crippen molar-refractivity contribution in [3.63, 3.8) is 0 Å². The Morgan fingerprint density at radius 3 is 2.79 bits per heavy atom. The Hall–Kier alpha value is -1.93. The van der Waals surface area contributed by atoms with Crippen molar-refractivity contribution in [3.05, 3.63) is 24.5 Å². The summed E-state index contributed by atoms with van der Waals surface area (Å²) in [5.74, 6) is 0.230. The Balaban J connectivity index is 1.23. The zero-order valence-electron chi connectivity index (χ0n) is 17.3. The standard InChI is InChI=1S/C21H32N6OS/c1-17-8-2-3-11-25(17)15-7-10-22-19(28)18-9-6-14-27(16-18)21-24-23-20(29-21)26-12-4-5-13-26/h4-5,12-13,17-18H,2-3,6-11,14-16H2,1H3,(H,22,28)/t17-,18-/m1/s1. The highest BCUT2D eigenvalue weighted by Gasteiger charge is 2.27. The molecule has 4 heterocycles. The maximum absolute atomic E-state index is 12.7. The van der Waals surface area contributed by atoms with Crippen LogP contribution >= 0.6 is 11.3 Å². The van der Waals surface area contributed by atoms with Crippen molar-refractivity contribution in [2.24, 2.45) is 5.92 Å². The number of nitrogens with zero attached hydrogens (tertiary/aromatic N) is 5. The molecule has 2 atom stereocenters. The summed E-state index contributed by atoms with van der Waals surface area (Å²) in [5, 5.41) is 13.6. The van der Waals surface area contributed by atoms with Gasteiger partial charge in [-0.3, -0.25) is 9.36 Å². The van der Waals surface area contributed by atoms with Crippen molar-refractivity contribution in [2.75, 3.05) is 37.6 Å². The zero-order valence-corrected chi connectivity index (χ0v) is 18.1. The van der Waals surface area contributed by atoms with E-state index in [-0.39, 0.29) is 11.8 Å². The van der Waals surface area contributed by atoms with Gasteiger partial charge in [0.05, 0.1) is 5.92 Å². The van der Waals surface area contributed by atoms with Crippen molar-refractivity contribution < 1.29 is 4.79 Å².